The number of carbonyl (C=O) groups is 3. The van der Waals surface area contributed by atoms with Crippen LogP contribution < -0.4 is 0 Å². The number of hydrogen-bond acceptors (Lipinski definition) is 4. The van der Waals surface area contributed by atoms with Crippen molar-refractivity contribution in [2.24, 2.45) is 0 Å². The maximum Gasteiger partial charge on any atom is 0.345 e. The Bertz CT molecular complexity index is 490. The predicted molar refractivity (Wildman–Crippen MR) is 63.5 cm³/mol. The van der Waals surface area contributed by atoms with Crippen LogP contribution in [0.15, 0.2) is 18.2 Å². The first-order valence-corrected chi connectivity index (χ1v) is 5.54. The van der Waals surface area contributed by atoms with Crippen molar-refractivity contribution in [3.63, 3.8) is 0 Å². The summed E-state index contributed by atoms with van der Waals surface area (Å²) in [6, 6.07) is 4.15. The topological polar surface area (TPSA) is 80.7 Å². The van der Waals surface area contributed by atoms with Crippen molar-refractivity contribution in [1.82, 2.24) is 0 Å². The highest BCUT2D eigenvalue weighted by molar-refractivity contribution is 5.99. The zero-order chi connectivity index (χ0) is 13.7. The van der Waals surface area contributed by atoms with Gasteiger partial charge < -0.3 is 9.84 Å². The van der Waals surface area contributed by atoms with Gasteiger partial charge in [0.15, 0.2) is 0 Å². The van der Waals surface area contributed by atoms with Crippen LogP contribution in [0.2, 0.25) is 0 Å². The molecule has 18 heavy (non-hydrogen) atoms. The Kier molecular flexibility index (Phi) is 4.59. The number of ether oxygens (including phenoxy) is 1. The third-order valence-corrected chi connectivity index (χ3v) is 2.36. The minimum absolute atomic E-state index is 0.0207. The quantitative estimate of drug-likeness (QED) is 0.654. The number of benzene rings is 1. The molecule has 1 N–H and O–H groups in total. The van der Waals surface area contributed by atoms with Crippen LogP contribution in [0.3, 0.4) is 0 Å². The molecule has 0 amide bonds. The van der Waals surface area contributed by atoms with E-state index < -0.39 is 17.9 Å². The molecule has 5 nitrogen and oxygen atoms in total. The van der Waals surface area contributed by atoms with Crippen LogP contribution in [0, 0.1) is 6.92 Å². The maximum absolute atomic E-state index is 11.6. The lowest BCUT2D eigenvalue weighted by Gasteiger charge is -2.05. The van der Waals surface area contributed by atoms with Crippen molar-refractivity contribution in [1.29, 1.82) is 0 Å². The lowest BCUT2D eigenvalue weighted by Crippen LogP contribution is -2.13. The SMILES string of the molecule is CCCC(=O)OC(=O)c1ccc(C)c(C(=O)O)c1. The number of aromatic carboxylic acids is 1. The first-order chi connectivity index (χ1) is 8.45. The number of carbonyl (C=O) groups excluding carboxylic acids is 2. The summed E-state index contributed by atoms with van der Waals surface area (Å²) in [5.41, 5.74) is 0.619. The Morgan fingerprint density at radius 3 is 2.50 bits per heavy atom. The van der Waals surface area contributed by atoms with Crippen LogP contribution in [-0.4, -0.2) is 23.0 Å². The van der Waals surface area contributed by atoms with Gasteiger partial charge in [0.1, 0.15) is 0 Å². The highest BCUT2D eigenvalue weighted by Crippen LogP contribution is 2.12. The number of esters is 2. The van der Waals surface area contributed by atoms with E-state index in [1.807, 2.05) is 0 Å². The molecule has 1 aromatic rings. The van der Waals surface area contributed by atoms with E-state index in [1.54, 1.807) is 13.8 Å². The molecule has 1 rings (SSSR count). The molecular formula is C13H14O5. The fraction of sp³-hybridized carbons (Fsp3) is 0.308. The molecular weight excluding hydrogens is 236 g/mol. The van der Waals surface area contributed by atoms with Gasteiger partial charge in [0.2, 0.25) is 0 Å². The minimum Gasteiger partial charge on any atom is -0.478 e. The third kappa shape index (κ3) is 3.41. The molecule has 0 radical (unpaired) electrons. The summed E-state index contributed by atoms with van der Waals surface area (Å²) in [7, 11) is 0. The number of aryl methyl sites for hydroxylation is 1. The zero-order valence-corrected chi connectivity index (χ0v) is 10.2. The molecule has 0 spiro atoms. The van der Waals surface area contributed by atoms with Crippen LogP contribution in [0.1, 0.15) is 46.0 Å². The second-order valence-corrected chi connectivity index (χ2v) is 3.85. The van der Waals surface area contributed by atoms with Gasteiger partial charge in [-0.3, -0.25) is 4.79 Å². The standard InChI is InChI=1S/C13H14O5/c1-3-4-11(14)18-13(17)9-6-5-8(2)10(7-9)12(15)16/h5-7H,3-4H2,1-2H3,(H,15,16). The van der Waals surface area contributed by atoms with Gasteiger partial charge in [-0.2, -0.15) is 0 Å². The van der Waals surface area contributed by atoms with E-state index in [9.17, 15) is 14.4 Å². The van der Waals surface area contributed by atoms with Crippen molar-refractivity contribution >= 4 is 17.9 Å². The number of rotatable bonds is 4. The average molecular weight is 250 g/mol. The number of hydrogen-bond donors (Lipinski definition) is 1. The molecule has 0 aliphatic heterocycles. The van der Waals surface area contributed by atoms with Crippen molar-refractivity contribution in [3.05, 3.63) is 34.9 Å². The molecule has 96 valence electrons. The minimum atomic E-state index is -1.12. The predicted octanol–water partition coefficient (Wildman–Crippen LogP) is 2.18. The normalized spacial score (nSPS) is 9.89. The molecule has 0 bridgehead atoms. The molecule has 0 aromatic heterocycles. The lowest BCUT2D eigenvalue weighted by atomic mass is 10.1. The fourth-order valence-electron chi connectivity index (χ4n) is 1.40. The molecule has 5 heteroatoms. The molecule has 0 unspecified atom stereocenters. The van der Waals surface area contributed by atoms with Gasteiger partial charge in [0, 0.05) is 6.42 Å². The molecule has 0 aliphatic carbocycles. The molecule has 1 aromatic carbocycles. The first-order valence-electron chi connectivity index (χ1n) is 5.54. The smallest absolute Gasteiger partial charge is 0.345 e. The van der Waals surface area contributed by atoms with Gasteiger partial charge in [-0.1, -0.05) is 13.0 Å². The van der Waals surface area contributed by atoms with E-state index in [4.69, 9.17) is 5.11 Å². The summed E-state index contributed by atoms with van der Waals surface area (Å²) in [6.45, 7) is 3.42. The van der Waals surface area contributed by atoms with E-state index >= 15 is 0 Å². The summed E-state index contributed by atoms with van der Waals surface area (Å²) in [5, 5.41) is 8.92. The highest BCUT2D eigenvalue weighted by atomic mass is 16.6. The fourth-order valence-corrected chi connectivity index (χ4v) is 1.40. The van der Waals surface area contributed by atoms with E-state index in [1.165, 1.54) is 18.2 Å². The Morgan fingerprint density at radius 1 is 1.28 bits per heavy atom. The summed E-state index contributed by atoms with van der Waals surface area (Å²) < 4.78 is 4.58. The van der Waals surface area contributed by atoms with Crippen LogP contribution in [0.5, 0.6) is 0 Å². The van der Waals surface area contributed by atoms with Gasteiger partial charge in [-0.25, -0.2) is 9.59 Å². The Balaban J connectivity index is 2.90. The Labute approximate surface area is 104 Å². The van der Waals surface area contributed by atoms with E-state index in [0.29, 0.717) is 12.0 Å². The summed E-state index contributed by atoms with van der Waals surface area (Å²) in [4.78, 5) is 33.6. The van der Waals surface area contributed by atoms with Crippen LogP contribution in [-0.2, 0) is 9.53 Å². The van der Waals surface area contributed by atoms with Crippen molar-refractivity contribution in [3.8, 4) is 0 Å². The largest absolute Gasteiger partial charge is 0.478 e. The summed E-state index contributed by atoms with van der Waals surface area (Å²) >= 11 is 0. The van der Waals surface area contributed by atoms with Crippen molar-refractivity contribution in [2.75, 3.05) is 0 Å². The summed E-state index contributed by atoms with van der Waals surface area (Å²) in [5.74, 6) is -2.56. The van der Waals surface area contributed by atoms with Crippen LogP contribution >= 0.6 is 0 Å². The molecule has 0 fully saturated rings. The second kappa shape index (κ2) is 5.95. The third-order valence-electron chi connectivity index (χ3n) is 2.36. The highest BCUT2D eigenvalue weighted by Gasteiger charge is 2.15. The van der Waals surface area contributed by atoms with E-state index in [0.717, 1.165) is 0 Å². The molecule has 0 heterocycles. The second-order valence-electron chi connectivity index (χ2n) is 3.85. The first kappa shape index (κ1) is 13.9. The van der Waals surface area contributed by atoms with Gasteiger partial charge in [0.25, 0.3) is 0 Å². The number of carboxylic acids is 1. The Hall–Kier alpha value is -2.17. The van der Waals surface area contributed by atoms with Gasteiger partial charge in [-0.05, 0) is 31.0 Å². The average Bonchev–Trinajstić information content (AvgIpc) is 2.29. The summed E-state index contributed by atoms with van der Waals surface area (Å²) in [6.07, 6.45) is 0.740. The van der Waals surface area contributed by atoms with Crippen molar-refractivity contribution < 1.29 is 24.2 Å². The van der Waals surface area contributed by atoms with Crippen LogP contribution in [0.4, 0.5) is 0 Å². The van der Waals surface area contributed by atoms with Crippen molar-refractivity contribution in [2.45, 2.75) is 26.7 Å². The van der Waals surface area contributed by atoms with Gasteiger partial charge in [0.05, 0.1) is 11.1 Å². The van der Waals surface area contributed by atoms with E-state index in [-0.39, 0.29) is 17.5 Å². The Morgan fingerprint density at radius 2 is 1.94 bits per heavy atom. The zero-order valence-electron chi connectivity index (χ0n) is 10.2. The molecule has 0 saturated carbocycles. The molecule has 0 atom stereocenters. The molecule has 0 saturated heterocycles. The van der Waals surface area contributed by atoms with E-state index in [2.05, 4.69) is 4.74 Å². The maximum atomic E-state index is 11.6. The van der Waals surface area contributed by atoms with Gasteiger partial charge >= 0.3 is 17.9 Å². The van der Waals surface area contributed by atoms with Gasteiger partial charge in [-0.15, -0.1) is 0 Å². The lowest BCUT2D eigenvalue weighted by molar-refractivity contribution is -0.137. The number of carboxylic acid groups (broad SMARTS) is 1. The monoisotopic (exact) mass is 250 g/mol. The van der Waals surface area contributed by atoms with Crippen LogP contribution in [0.25, 0.3) is 0 Å². The molecule has 0 aliphatic rings.